The maximum Gasteiger partial charge on any atom is 0.00470 e. The molecule has 1 aliphatic carbocycles. The van der Waals surface area contributed by atoms with Gasteiger partial charge in [-0.1, -0.05) is 39.0 Å². The molecule has 0 atom stereocenters. The predicted octanol–water partition coefficient (Wildman–Crippen LogP) is 4.06. The topological polar surface area (TPSA) is 0 Å². The Morgan fingerprint density at radius 1 is 1.08 bits per heavy atom. The zero-order chi connectivity index (χ0) is 8.65. The lowest BCUT2D eigenvalue weighted by atomic mass is 10.2. The molecule has 0 aromatic carbocycles. The Kier molecular flexibility index (Phi) is 5.93. The largest absolute Gasteiger partial charge is 0.159 e. The molecule has 0 saturated heterocycles. The van der Waals surface area contributed by atoms with Crippen molar-refractivity contribution >= 4 is 11.8 Å². The van der Waals surface area contributed by atoms with Crippen molar-refractivity contribution in [3.63, 3.8) is 0 Å². The van der Waals surface area contributed by atoms with E-state index in [1.807, 2.05) is 0 Å². The van der Waals surface area contributed by atoms with Gasteiger partial charge >= 0.3 is 0 Å². The molecule has 1 saturated carbocycles. The Hall–Kier alpha value is 0.350. The maximum atomic E-state index is 3.87. The van der Waals surface area contributed by atoms with E-state index in [-0.39, 0.29) is 0 Å². The quantitative estimate of drug-likeness (QED) is 0.470. The van der Waals surface area contributed by atoms with Crippen LogP contribution in [0.15, 0.2) is 0 Å². The summed E-state index contributed by atoms with van der Waals surface area (Å²) in [4.78, 5) is 0. The van der Waals surface area contributed by atoms with Crippen molar-refractivity contribution in [1.82, 2.24) is 0 Å². The third-order valence-corrected chi connectivity index (χ3v) is 4.02. The van der Waals surface area contributed by atoms with Crippen molar-refractivity contribution in [2.45, 2.75) is 56.6 Å². The summed E-state index contributed by atoms with van der Waals surface area (Å²) in [5.41, 5.74) is 0. The Bertz CT molecular complexity index is 93.2. The second-order valence-corrected chi connectivity index (χ2v) is 5.10. The number of hydrogen-bond donors (Lipinski definition) is 0. The van der Waals surface area contributed by atoms with Crippen LogP contribution in [0.1, 0.15) is 51.4 Å². The van der Waals surface area contributed by atoms with Gasteiger partial charge in [-0.15, -0.1) is 0 Å². The fourth-order valence-corrected chi connectivity index (χ4v) is 3.13. The van der Waals surface area contributed by atoms with E-state index < -0.39 is 0 Å². The van der Waals surface area contributed by atoms with E-state index in [0.717, 1.165) is 11.7 Å². The summed E-state index contributed by atoms with van der Waals surface area (Å²) >= 11 is 2.20. The van der Waals surface area contributed by atoms with Crippen LogP contribution in [0.4, 0.5) is 0 Å². The molecule has 0 amide bonds. The summed E-state index contributed by atoms with van der Waals surface area (Å²) in [5, 5.41) is 0.985. The Morgan fingerprint density at radius 3 is 2.33 bits per heavy atom. The molecule has 0 aromatic heterocycles. The highest BCUT2D eigenvalue weighted by atomic mass is 32.2. The third kappa shape index (κ3) is 4.39. The zero-order valence-electron chi connectivity index (χ0n) is 8.06. The SMILES string of the molecule is [CH2]CCCSC1CCCCCC1. The molecule has 12 heavy (non-hydrogen) atoms. The summed E-state index contributed by atoms with van der Waals surface area (Å²) in [7, 11) is 0. The normalized spacial score (nSPS) is 20.8. The molecule has 0 spiro atoms. The number of hydrogen-bond acceptors (Lipinski definition) is 1. The molecule has 1 aliphatic rings. The Labute approximate surface area is 81.5 Å². The van der Waals surface area contributed by atoms with E-state index in [2.05, 4.69) is 18.7 Å². The van der Waals surface area contributed by atoms with Crippen LogP contribution in [0.3, 0.4) is 0 Å². The molecule has 1 radical (unpaired) electrons. The minimum Gasteiger partial charge on any atom is -0.159 e. The highest BCUT2D eigenvalue weighted by Crippen LogP contribution is 2.27. The molecular weight excluding hydrogens is 164 g/mol. The van der Waals surface area contributed by atoms with E-state index in [4.69, 9.17) is 0 Å². The lowest BCUT2D eigenvalue weighted by Gasteiger charge is -2.12. The molecule has 71 valence electrons. The fourth-order valence-electron chi connectivity index (χ4n) is 1.76. The first-order valence-electron chi connectivity index (χ1n) is 5.34. The summed E-state index contributed by atoms with van der Waals surface area (Å²) in [6.45, 7) is 3.87. The van der Waals surface area contributed by atoms with Gasteiger partial charge in [-0.3, -0.25) is 0 Å². The second kappa shape index (κ2) is 6.82. The molecule has 0 nitrogen and oxygen atoms in total. The van der Waals surface area contributed by atoms with Crippen molar-refractivity contribution in [3.8, 4) is 0 Å². The van der Waals surface area contributed by atoms with Crippen LogP contribution < -0.4 is 0 Å². The minimum atomic E-state index is 0.985. The van der Waals surface area contributed by atoms with E-state index in [0.29, 0.717) is 0 Å². The first-order valence-corrected chi connectivity index (χ1v) is 6.39. The third-order valence-electron chi connectivity index (χ3n) is 2.55. The van der Waals surface area contributed by atoms with Gasteiger partial charge in [0.25, 0.3) is 0 Å². The minimum absolute atomic E-state index is 0.985. The van der Waals surface area contributed by atoms with Gasteiger partial charge in [0.2, 0.25) is 0 Å². The van der Waals surface area contributed by atoms with Gasteiger partial charge in [-0.25, -0.2) is 0 Å². The zero-order valence-corrected chi connectivity index (χ0v) is 8.87. The number of rotatable bonds is 4. The lowest BCUT2D eigenvalue weighted by molar-refractivity contribution is 0.702. The van der Waals surface area contributed by atoms with Crippen LogP contribution in [0.5, 0.6) is 0 Å². The monoisotopic (exact) mass is 185 g/mol. The molecule has 1 rings (SSSR count). The van der Waals surface area contributed by atoms with Gasteiger partial charge in [0.15, 0.2) is 0 Å². The summed E-state index contributed by atoms with van der Waals surface area (Å²) < 4.78 is 0. The van der Waals surface area contributed by atoms with Crippen LogP contribution >= 0.6 is 11.8 Å². The smallest absolute Gasteiger partial charge is 0.00470 e. The number of unbranched alkanes of at least 4 members (excludes halogenated alkanes) is 1. The fraction of sp³-hybridized carbons (Fsp3) is 0.909. The highest BCUT2D eigenvalue weighted by Gasteiger charge is 2.11. The van der Waals surface area contributed by atoms with Crippen molar-refractivity contribution in [2.75, 3.05) is 5.75 Å². The summed E-state index contributed by atoms with van der Waals surface area (Å²) in [5.74, 6) is 1.34. The molecule has 0 unspecified atom stereocenters. The van der Waals surface area contributed by atoms with Crippen molar-refractivity contribution in [3.05, 3.63) is 6.92 Å². The molecule has 0 heterocycles. The summed E-state index contributed by atoms with van der Waals surface area (Å²) in [6.07, 6.45) is 11.3. The lowest BCUT2D eigenvalue weighted by Crippen LogP contribution is -2.01. The van der Waals surface area contributed by atoms with Crippen LogP contribution in [0.25, 0.3) is 0 Å². The van der Waals surface area contributed by atoms with Gasteiger partial charge in [0, 0.05) is 5.25 Å². The predicted molar refractivity (Wildman–Crippen MR) is 58.5 cm³/mol. The van der Waals surface area contributed by atoms with Crippen LogP contribution in [-0.2, 0) is 0 Å². The maximum absolute atomic E-state index is 3.87. The molecular formula is C11H21S. The second-order valence-electron chi connectivity index (χ2n) is 3.69. The van der Waals surface area contributed by atoms with Crippen LogP contribution in [-0.4, -0.2) is 11.0 Å². The van der Waals surface area contributed by atoms with E-state index >= 15 is 0 Å². The summed E-state index contributed by atoms with van der Waals surface area (Å²) in [6, 6.07) is 0. The van der Waals surface area contributed by atoms with Gasteiger partial charge < -0.3 is 0 Å². The molecule has 0 bridgehead atoms. The van der Waals surface area contributed by atoms with Crippen molar-refractivity contribution in [2.24, 2.45) is 0 Å². The van der Waals surface area contributed by atoms with Crippen LogP contribution in [0.2, 0.25) is 0 Å². The standard InChI is InChI=1S/C11H21S/c1-2-3-10-12-11-8-6-4-5-7-9-11/h11H,1-10H2. The van der Waals surface area contributed by atoms with Gasteiger partial charge in [0.05, 0.1) is 0 Å². The Morgan fingerprint density at radius 2 is 1.75 bits per heavy atom. The van der Waals surface area contributed by atoms with Gasteiger partial charge in [-0.2, -0.15) is 11.8 Å². The first kappa shape index (κ1) is 10.4. The molecule has 0 aliphatic heterocycles. The van der Waals surface area contributed by atoms with E-state index in [1.54, 1.807) is 0 Å². The highest BCUT2D eigenvalue weighted by molar-refractivity contribution is 7.99. The molecule has 1 fully saturated rings. The Balaban J connectivity index is 2.04. The number of thioether (sulfide) groups is 1. The van der Waals surface area contributed by atoms with E-state index in [1.165, 1.54) is 50.7 Å². The van der Waals surface area contributed by atoms with E-state index in [9.17, 15) is 0 Å². The van der Waals surface area contributed by atoms with Crippen molar-refractivity contribution < 1.29 is 0 Å². The van der Waals surface area contributed by atoms with Crippen LogP contribution in [0, 0.1) is 6.92 Å². The molecule has 1 heteroatoms. The average molecular weight is 185 g/mol. The molecule has 0 aromatic rings. The molecule has 0 N–H and O–H groups in total. The average Bonchev–Trinajstić information content (AvgIpc) is 2.33. The van der Waals surface area contributed by atoms with Gasteiger partial charge in [0.1, 0.15) is 0 Å². The first-order chi connectivity index (χ1) is 5.93. The van der Waals surface area contributed by atoms with Gasteiger partial charge in [-0.05, 0) is 25.0 Å². The van der Waals surface area contributed by atoms with Crippen molar-refractivity contribution in [1.29, 1.82) is 0 Å².